The van der Waals surface area contributed by atoms with Gasteiger partial charge in [-0.15, -0.1) is 10.2 Å². The van der Waals surface area contributed by atoms with E-state index in [1.54, 1.807) is 37.4 Å². The topological polar surface area (TPSA) is 81.1 Å². The first-order valence-electron chi connectivity index (χ1n) is 10.7. The van der Waals surface area contributed by atoms with Crippen LogP contribution in [0.4, 0.5) is 10.5 Å². The van der Waals surface area contributed by atoms with Gasteiger partial charge in [-0.2, -0.15) is 0 Å². The van der Waals surface area contributed by atoms with Crippen molar-refractivity contribution in [3.05, 3.63) is 93.7 Å². The van der Waals surface area contributed by atoms with Crippen molar-refractivity contribution in [3.63, 3.8) is 0 Å². The van der Waals surface area contributed by atoms with Crippen molar-refractivity contribution >= 4 is 46.7 Å². The molecule has 0 aliphatic rings. The molecular formula is C25H23Cl2N5O2S. The molecule has 2 amide bonds. The molecule has 1 aromatic heterocycles. The number of carbonyl (C=O) groups is 1. The number of hydrogen-bond donors (Lipinski definition) is 2. The molecule has 10 heteroatoms. The summed E-state index contributed by atoms with van der Waals surface area (Å²) in [6.45, 7) is 2.19. The zero-order valence-electron chi connectivity index (χ0n) is 19.1. The number of nitrogens with zero attached hydrogens (tertiary/aromatic N) is 3. The predicted molar refractivity (Wildman–Crippen MR) is 141 cm³/mol. The molecule has 35 heavy (non-hydrogen) atoms. The van der Waals surface area contributed by atoms with Gasteiger partial charge >= 0.3 is 6.03 Å². The number of hydrogen-bond acceptors (Lipinski definition) is 5. The first-order chi connectivity index (χ1) is 17.0. The number of rotatable bonds is 8. The molecule has 3 aromatic carbocycles. The predicted octanol–water partition coefficient (Wildman–Crippen LogP) is 6.51. The van der Waals surface area contributed by atoms with Gasteiger partial charge in [0.25, 0.3) is 0 Å². The fourth-order valence-electron chi connectivity index (χ4n) is 3.40. The average Bonchev–Trinajstić information content (AvgIpc) is 3.26. The van der Waals surface area contributed by atoms with E-state index in [2.05, 4.69) is 39.9 Å². The molecule has 0 saturated heterocycles. The fourth-order valence-corrected chi connectivity index (χ4v) is 4.80. The average molecular weight is 528 g/mol. The quantitative estimate of drug-likeness (QED) is 0.255. The number of nitrogens with one attached hydrogen (secondary N) is 2. The highest BCUT2D eigenvalue weighted by Crippen LogP contribution is 2.31. The Bertz CT molecular complexity index is 1350. The van der Waals surface area contributed by atoms with Crippen LogP contribution < -0.4 is 15.4 Å². The highest BCUT2D eigenvalue weighted by Gasteiger charge is 2.18. The van der Waals surface area contributed by atoms with Gasteiger partial charge in [-0.3, -0.25) is 4.57 Å². The standard InChI is InChI=1S/C25H23Cl2N5O2S/c1-16-7-3-4-8-17(16)15-35-25-31-30-23(32(25)21-13-18(26)11-12-19(21)27)14-28-24(33)29-20-9-5-6-10-22(20)34-2/h3-13H,14-15H2,1-2H3,(H2,28,29,33). The summed E-state index contributed by atoms with van der Waals surface area (Å²) in [6.07, 6.45) is 0. The molecule has 0 atom stereocenters. The molecular weight excluding hydrogens is 505 g/mol. The van der Waals surface area contributed by atoms with Crippen molar-refractivity contribution in [1.82, 2.24) is 20.1 Å². The lowest BCUT2D eigenvalue weighted by Crippen LogP contribution is -2.29. The molecule has 0 bridgehead atoms. The van der Waals surface area contributed by atoms with Crippen molar-refractivity contribution in [3.8, 4) is 11.4 Å². The van der Waals surface area contributed by atoms with E-state index in [9.17, 15) is 4.79 Å². The molecule has 4 rings (SSSR count). The number of para-hydroxylation sites is 2. The number of amides is 2. The Kier molecular flexibility index (Phi) is 8.17. The minimum Gasteiger partial charge on any atom is -0.495 e. The van der Waals surface area contributed by atoms with Crippen LogP contribution in [0.15, 0.2) is 71.9 Å². The van der Waals surface area contributed by atoms with Gasteiger partial charge in [0.05, 0.1) is 30.1 Å². The number of benzene rings is 3. The number of carbonyl (C=O) groups excluding carboxylic acids is 1. The Morgan fingerprint density at radius 1 is 1.06 bits per heavy atom. The molecule has 0 aliphatic heterocycles. The summed E-state index contributed by atoms with van der Waals surface area (Å²) < 4.78 is 7.11. The SMILES string of the molecule is COc1ccccc1NC(=O)NCc1nnc(SCc2ccccc2C)n1-c1cc(Cl)ccc1Cl. The third-order valence-corrected chi connectivity index (χ3v) is 6.76. The van der Waals surface area contributed by atoms with Crippen molar-refractivity contribution in [1.29, 1.82) is 0 Å². The second-order valence-electron chi connectivity index (χ2n) is 7.55. The number of aromatic nitrogens is 3. The molecule has 0 fully saturated rings. The molecule has 4 aromatic rings. The monoisotopic (exact) mass is 527 g/mol. The molecule has 1 heterocycles. The summed E-state index contributed by atoms with van der Waals surface area (Å²) in [7, 11) is 1.55. The maximum Gasteiger partial charge on any atom is 0.319 e. The molecule has 0 unspecified atom stereocenters. The highest BCUT2D eigenvalue weighted by molar-refractivity contribution is 7.98. The van der Waals surface area contributed by atoms with Crippen molar-refractivity contribution in [2.75, 3.05) is 12.4 Å². The van der Waals surface area contributed by atoms with E-state index in [1.807, 2.05) is 28.8 Å². The van der Waals surface area contributed by atoms with Crippen LogP contribution >= 0.6 is 35.0 Å². The number of halogens is 2. The minimum atomic E-state index is -0.407. The van der Waals surface area contributed by atoms with E-state index >= 15 is 0 Å². The van der Waals surface area contributed by atoms with Gasteiger partial charge in [0.2, 0.25) is 0 Å². The number of anilines is 1. The van der Waals surface area contributed by atoms with E-state index < -0.39 is 6.03 Å². The molecule has 0 aliphatic carbocycles. The molecule has 7 nitrogen and oxygen atoms in total. The lowest BCUT2D eigenvalue weighted by molar-refractivity contribution is 0.251. The largest absolute Gasteiger partial charge is 0.495 e. The van der Waals surface area contributed by atoms with Crippen molar-refractivity contribution in [2.45, 2.75) is 24.4 Å². The molecule has 0 radical (unpaired) electrons. The Labute approximate surface area is 217 Å². The summed E-state index contributed by atoms with van der Waals surface area (Å²) in [6, 6.07) is 20.1. The fraction of sp³-hybridized carbons (Fsp3) is 0.160. The second kappa shape index (κ2) is 11.5. The number of thioether (sulfide) groups is 1. The minimum absolute atomic E-state index is 0.113. The zero-order chi connectivity index (χ0) is 24.8. The lowest BCUT2D eigenvalue weighted by Gasteiger charge is -2.14. The van der Waals surface area contributed by atoms with Gasteiger partial charge in [0.15, 0.2) is 11.0 Å². The maximum absolute atomic E-state index is 12.6. The highest BCUT2D eigenvalue weighted by atomic mass is 35.5. The van der Waals surface area contributed by atoms with Crippen LogP contribution in [0.25, 0.3) is 5.69 Å². The van der Waals surface area contributed by atoms with Crippen LogP contribution in [0.2, 0.25) is 10.0 Å². The molecule has 0 saturated carbocycles. The maximum atomic E-state index is 12.6. The van der Waals surface area contributed by atoms with Crippen LogP contribution in [0, 0.1) is 6.92 Å². The summed E-state index contributed by atoms with van der Waals surface area (Å²) >= 11 is 14.3. The van der Waals surface area contributed by atoms with Gasteiger partial charge in [-0.05, 0) is 48.4 Å². The first kappa shape index (κ1) is 24.9. The third kappa shape index (κ3) is 6.08. The Hall–Kier alpha value is -3.20. The molecule has 180 valence electrons. The van der Waals surface area contributed by atoms with Gasteiger partial charge in [0.1, 0.15) is 5.75 Å². The van der Waals surface area contributed by atoms with Crippen LogP contribution in [-0.2, 0) is 12.3 Å². The number of ether oxygens (including phenoxy) is 1. The lowest BCUT2D eigenvalue weighted by atomic mass is 10.1. The van der Waals surface area contributed by atoms with Gasteiger partial charge in [-0.25, -0.2) is 4.79 Å². The van der Waals surface area contributed by atoms with Crippen LogP contribution in [0.1, 0.15) is 17.0 Å². The van der Waals surface area contributed by atoms with E-state index in [1.165, 1.54) is 22.9 Å². The smallest absolute Gasteiger partial charge is 0.319 e. The summed E-state index contributed by atoms with van der Waals surface area (Å²) in [5.74, 6) is 1.77. The summed E-state index contributed by atoms with van der Waals surface area (Å²) in [5, 5.41) is 16.0. The van der Waals surface area contributed by atoms with Crippen LogP contribution in [-0.4, -0.2) is 27.9 Å². The molecule has 2 N–H and O–H groups in total. The third-order valence-electron chi connectivity index (χ3n) is 5.23. The summed E-state index contributed by atoms with van der Waals surface area (Å²) in [4.78, 5) is 12.6. The Morgan fingerprint density at radius 2 is 1.83 bits per heavy atom. The normalized spacial score (nSPS) is 10.7. The van der Waals surface area contributed by atoms with Crippen LogP contribution in [0.3, 0.4) is 0 Å². The zero-order valence-corrected chi connectivity index (χ0v) is 21.4. The van der Waals surface area contributed by atoms with Crippen molar-refractivity contribution in [2.24, 2.45) is 0 Å². The van der Waals surface area contributed by atoms with Gasteiger partial charge in [0, 0.05) is 10.8 Å². The summed E-state index contributed by atoms with van der Waals surface area (Å²) in [5.41, 5.74) is 3.58. The Balaban J connectivity index is 1.57. The Morgan fingerprint density at radius 3 is 2.63 bits per heavy atom. The molecule has 0 spiro atoms. The van der Waals surface area contributed by atoms with E-state index in [4.69, 9.17) is 27.9 Å². The van der Waals surface area contributed by atoms with E-state index in [-0.39, 0.29) is 6.54 Å². The van der Waals surface area contributed by atoms with Crippen LogP contribution in [0.5, 0.6) is 5.75 Å². The number of aryl methyl sites for hydroxylation is 1. The van der Waals surface area contributed by atoms with Gasteiger partial charge in [-0.1, -0.05) is 71.4 Å². The van der Waals surface area contributed by atoms with Gasteiger partial charge < -0.3 is 15.4 Å². The first-order valence-corrected chi connectivity index (χ1v) is 12.5. The van der Waals surface area contributed by atoms with E-state index in [0.29, 0.717) is 43.9 Å². The van der Waals surface area contributed by atoms with Crippen molar-refractivity contribution < 1.29 is 9.53 Å². The second-order valence-corrected chi connectivity index (χ2v) is 9.34. The van der Waals surface area contributed by atoms with E-state index in [0.717, 1.165) is 0 Å². The number of methoxy groups -OCH3 is 1. The number of urea groups is 1.